The summed E-state index contributed by atoms with van der Waals surface area (Å²) in [7, 11) is -3.45. The van der Waals surface area contributed by atoms with Crippen LogP contribution in [-0.2, 0) is 16.8 Å². The number of piperazine rings is 1. The van der Waals surface area contributed by atoms with Crippen LogP contribution in [0.25, 0.3) is 0 Å². The van der Waals surface area contributed by atoms with Gasteiger partial charge in [0.15, 0.2) is 0 Å². The zero-order chi connectivity index (χ0) is 17.9. The van der Waals surface area contributed by atoms with Gasteiger partial charge < -0.3 is 4.90 Å². The summed E-state index contributed by atoms with van der Waals surface area (Å²) in [6, 6.07) is 15.8. The van der Waals surface area contributed by atoms with Gasteiger partial charge in [-0.1, -0.05) is 42.5 Å². The number of hydrogen-bond donors (Lipinski definition) is 1. The third-order valence-electron chi connectivity index (χ3n) is 4.80. The van der Waals surface area contributed by atoms with Crippen molar-refractivity contribution < 1.29 is 8.42 Å². The average Bonchev–Trinajstić information content (AvgIpc) is 2.63. The summed E-state index contributed by atoms with van der Waals surface area (Å²) < 4.78 is 29.3. The van der Waals surface area contributed by atoms with Crippen molar-refractivity contribution in [3.05, 3.63) is 65.2 Å². The van der Waals surface area contributed by atoms with E-state index in [-0.39, 0.29) is 0 Å². The van der Waals surface area contributed by atoms with E-state index in [2.05, 4.69) is 41.7 Å². The molecule has 134 valence electrons. The lowest BCUT2D eigenvalue weighted by atomic mass is 10.1. The lowest BCUT2D eigenvalue weighted by molar-refractivity contribution is 0.378. The molecule has 0 bridgehead atoms. The topological polar surface area (TPSA) is 52.7 Å². The maximum absolute atomic E-state index is 12.5. The summed E-state index contributed by atoms with van der Waals surface area (Å²) in [4.78, 5) is 2.27. The Bertz CT molecular complexity index is 814. The average molecular weight is 359 g/mol. The van der Waals surface area contributed by atoms with Gasteiger partial charge in [-0.2, -0.15) is 17.4 Å². The summed E-state index contributed by atoms with van der Waals surface area (Å²) in [6.45, 7) is 6.95. The summed E-state index contributed by atoms with van der Waals surface area (Å²) in [5.74, 6) is 0. The van der Waals surface area contributed by atoms with Crippen LogP contribution in [0, 0.1) is 13.8 Å². The van der Waals surface area contributed by atoms with Crippen molar-refractivity contribution in [2.45, 2.75) is 20.4 Å². The van der Waals surface area contributed by atoms with Crippen molar-refractivity contribution in [3.8, 4) is 0 Å². The number of benzene rings is 2. The first-order valence-corrected chi connectivity index (χ1v) is 10.0. The second kappa shape index (κ2) is 7.56. The fourth-order valence-electron chi connectivity index (χ4n) is 3.11. The molecule has 0 aromatic heterocycles. The molecule has 1 fully saturated rings. The maximum Gasteiger partial charge on any atom is 0.279 e. The van der Waals surface area contributed by atoms with Crippen LogP contribution < -0.4 is 9.62 Å². The Morgan fingerprint density at radius 1 is 0.920 bits per heavy atom. The number of hydrogen-bond acceptors (Lipinski definition) is 3. The Labute approximate surface area is 150 Å². The van der Waals surface area contributed by atoms with E-state index in [1.54, 1.807) is 0 Å². The van der Waals surface area contributed by atoms with Gasteiger partial charge in [0.25, 0.3) is 10.2 Å². The second-order valence-corrected chi connectivity index (χ2v) is 8.17. The van der Waals surface area contributed by atoms with Gasteiger partial charge in [-0.05, 0) is 36.6 Å². The fraction of sp³-hybridized carbons (Fsp3) is 0.368. The van der Waals surface area contributed by atoms with Crippen LogP contribution in [0.15, 0.2) is 48.5 Å². The third kappa shape index (κ3) is 4.21. The number of anilines is 1. The molecule has 0 aliphatic carbocycles. The quantitative estimate of drug-likeness (QED) is 0.892. The van der Waals surface area contributed by atoms with Gasteiger partial charge in [0.2, 0.25) is 0 Å². The molecule has 3 rings (SSSR count). The Morgan fingerprint density at radius 3 is 2.28 bits per heavy atom. The van der Waals surface area contributed by atoms with Crippen molar-refractivity contribution >= 4 is 15.9 Å². The van der Waals surface area contributed by atoms with Crippen LogP contribution in [0.2, 0.25) is 0 Å². The molecule has 0 spiro atoms. The number of aryl methyl sites for hydroxylation is 1. The second-order valence-electron chi connectivity index (χ2n) is 6.42. The highest BCUT2D eigenvalue weighted by Gasteiger charge is 2.27. The van der Waals surface area contributed by atoms with Crippen LogP contribution in [0.3, 0.4) is 0 Å². The molecule has 2 aromatic rings. The standard InChI is InChI=1S/C19H25N3O2S/c1-16-7-6-10-19(17(16)2)21-11-13-22(14-12-21)25(23,24)20-15-18-8-4-3-5-9-18/h3-10,20H,11-15H2,1-2H3. The molecule has 25 heavy (non-hydrogen) atoms. The SMILES string of the molecule is Cc1cccc(N2CCN(S(=O)(=O)NCc3ccccc3)CC2)c1C. The molecule has 1 aliphatic rings. The molecule has 1 heterocycles. The van der Waals surface area contributed by atoms with E-state index >= 15 is 0 Å². The van der Waals surface area contributed by atoms with Gasteiger partial charge in [0.1, 0.15) is 0 Å². The predicted molar refractivity (Wildman–Crippen MR) is 102 cm³/mol. The summed E-state index contributed by atoms with van der Waals surface area (Å²) in [5, 5.41) is 0. The Balaban J connectivity index is 1.60. The molecule has 0 unspecified atom stereocenters. The van der Waals surface area contributed by atoms with Gasteiger partial charge in [-0.25, -0.2) is 0 Å². The van der Waals surface area contributed by atoms with Gasteiger partial charge >= 0.3 is 0 Å². The first kappa shape index (κ1) is 17.9. The Morgan fingerprint density at radius 2 is 1.60 bits per heavy atom. The van der Waals surface area contributed by atoms with E-state index in [4.69, 9.17) is 0 Å². The maximum atomic E-state index is 12.5. The molecule has 0 atom stereocenters. The van der Waals surface area contributed by atoms with Gasteiger partial charge in [-0.15, -0.1) is 0 Å². The van der Waals surface area contributed by atoms with E-state index in [9.17, 15) is 8.42 Å². The molecule has 1 N–H and O–H groups in total. The van der Waals surface area contributed by atoms with Crippen LogP contribution >= 0.6 is 0 Å². The highest BCUT2D eigenvalue weighted by Crippen LogP contribution is 2.24. The molecule has 5 nitrogen and oxygen atoms in total. The van der Waals surface area contributed by atoms with E-state index in [0.29, 0.717) is 32.7 Å². The first-order valence-electron chi connectivity index (χ1n) is 8.57. The van der Waals surface area contributed by atoms with Crippen molar-refractivity contribution in [1.29, 1.82) is 0 Å². The molecular weight excluding hydrogens is 334 g/mol. The van der Waals surface area contributed by atoms with Gasteiger partial charge in [0, 0.05) is 38.4 Å². The van der Waals surface area contributed by atoms with Crippen molar-refractivity contribution in [2.75, 3.05) is 31.1 Å². The third-order valence-corrected chi connectivity index (χ3v) is 6.35. The first-order chi connectivity index (χ1) is 12.0. The van der Waals surface area contributed by atoms with Crippen LogP contribution in [0.1, 0.15) is 16.7 Å². The fourth-order valence-corrected chi connectivity index (χ4v) is 4.28. The summed E-state index contributed by atoms with van der Waals surface area (Å²) in [6.07, 6.45) is 0. The summed E-state index contributed by atoms with van der Waals surface area (Å²) in [5.41, 5.74) is 4.69. The monoisotopic (exact) mass is 359 g/mol. The van der Waals surface area contributed by atoms with E-state index in [1.165, 1.54) is 21.1 Å². The minimum atomic E-state index is -3.45. The van der Waals surface area contributed by atoms with Crippen LogP contribution in [0.5, 0.6) is 0 Å². The van der Waals surface area contributed by atoms with E-state index < -0.39 is 10.2 Å². The molecule has 6 heteroatoms. The van der Waals surface area contributed by atoms with Crippen molar-refractivity contribution in [1.82, 2.24) is 9.03 Å². The summed E-state index contributed by atoms with van der Waals surface area (Å²) >= 11 is 0. The number of nitrogens with zero attached hydrogens (tertiary/aromatic N) is 2. The highest BCUT2D eigenvalue weighted by molar-refractivity contribution is 7.87. The van der Waals surface area contributed by atoms with Crippen LogP contribution in [0.4, 0.5) is 5.69 Å². The predicted octanol–water partition coefficient (Wildman–Crippen LogP) is 2.46. The van der Waals surface area contributed by atoms with E-state index in [1.807, 2.05) is 30.3 Å². The van der Waals surface area contributed by atoms with Crippen molar-refractivity contribution in [2.24, 2.45) is 0 Å². The lowest BCUT2D eigenvalue weighted by Gasteiger charge is -2.36. The van der Waals surface area contributed by atoms with E-state index in [0.717, 1.165) is 5.56 Å². The molecule has 0 saturated carbocycles. The molecule has 0 radical (unpaired) electrons. The molecule has 0 amide bonds. The lowest BCUT2D eigenvalue weighted by Crippen LogP contribution is -2.52. The molecule has 1 saturated heterocycles. The van der Waals surface area contributed by atoms with Gasteiger partial charge in [0.05, 0.1) is 0 Å². The van der Waals surface area contributed by atoms with Gasteiger partial charge in [-0.3, -0.25) is 0 Å². The number of rotatable bonds is 5. The minimum Gasteiger partial charge on any atom is -0.369 e. The smallest absolute Gasteiger partial charge is 0.279 e. The molecule has 1 aliphatic heterocycles. The van der Waals surface area contributed by atoms with Crippen molar-refractivity contribution in [3.63, 3.8) is 0 Å². The largest absolute Gasteiger partial charge is 0.369 e. The van der Waals surface area contributed by atoms with Crippen LogP contribution in [-0.4, -0.2) is 38.9 Å². The number of nitrogens with one attached hydrogen (secondary N) is 1. The zero-order valence-electron chi connectivity index (χ0n) is 14.8. The highest BCUT2D eigenvalue weighted by atomic mass is 32.2. The Kier molecular flexibility index (Phi) is 5.42. The molecular formula is C19H25N3O2S. The zero-order valence-corrected chi connectivity index (χ0v) is 15.6. The normalized spacial score (nSPS) is 16.2. The molecule has 2 aromatic carbocycles. The minimum absolute atomic E-state index is 0.320. The Hall–Kier alpha value is -1.89.